The minimum absolute atomic E-state index is 0.124. The van der Waals surface area contributed by atoms with Gasteiger partial charge < -0.3 is 20.2 Å². The number of nitrogens with zero attached hydrogens (tertiary/aromatic N) is 7. The van der Waals surface area contributed by atoms with Crippen molar-refractivity contribution in [1.82, 2.24) is 29.2 Å². The number of nitrogens with one attached hydrogen (secondary N) is 1. The van der Waals surface area contributed by atoms with Gasteiger partial charge >= 0.3 is 0 Å². The molecule has 2 N–H and O–H groups in total. The molecule has 0 spiro atoms. The number of hydrogen-bond acceptors (Lipinski definition) is 8. The highest BCUT2D eigenvalue weighted by Crippen LogP contribution is 2.27. The Morgan fingerprint density at radius 1 is 1.02 bits per heavy atom. The minimum Gasteiger partial charge on any atom is -0.384 e. The number of aromatic nitrogens is 5. The van der Waals surface area contributed by atoms with E-state index in [0.717, 1.165) is 51.1 Å². The Bertz CT molecular complexity index is 1590. The van der Waals surface area contributed by atoms with Crippen molar-refractivity contribution in [2.45, 2.75) is 44.8 Å². The number of pyridine rings is 1. The zero-order chi connectivity index (χ0) is 27.9. The number of piperazine rings is 1. The summed E-state index contributed by atoms with van der Waals surface area (Å²) in [6.45, 7) is 7.53. The Morgan fingerprint density at radius 2 is 1.80 bits per heavy atom. The number of hydrogen-bond donors (Lipinski definition) is 2. The van der Waals surface area contributed by atoms with Crippen LogP contribution in [0.1, 0.15) is 44.8 Å². The predicted octanol–water partition coefficient (Wildman–Crippen LogP) is 3.98. The highest BCUT2D eigenvalue weighted by atomic mass is 16.3. The first-order valence-corrected chi connectivity index (χ1v) is 14.0. The van der Waals surface area contributed by atoms with Crippen LogP contribution >= 0.6 is 0 Å². The second-order valence-electron chi connectivity index (χ2n) is 11.2. The lowest BCUT2D eigenvalue weighted by atomic mass is 10.0. The van der Waals surface area contributed by atoms with E-state index in [2.05, 4.69) is 51.4 Å². The summed E-state index contributed by atoms with van der Waals surface area (Å²) >= 11 is 0. The van der Waals surface area contributed by atoms with Gasteiger partial charge in [-0.15, -0.1) is 0 Å². The van der Waals surface area contributed by atoms with Crippen molar-refractivity contribution in [3.63, 3.8) is 0 Å². The second-order valence-corrected chi connectivity index (χ2v) is 11.2. The molecule has 4 aromatic rings. The molecule has 1 aliphatic heterocycles. The van der Waals surface area contributed by atoms with Crippen molar-refractivity contribution in [2.24, 2.45) is 0 Å². The van der Waals surface area contributed by atoms with Crippen molar-refractivity contribution in [1.29, 1.82) is 0 Å². The zero-order valence-corrected chi connectivity index (χ0v) is 23.3. The van der Waals surface area contributed by atoms with Crippen LogP contribution in [-0.2, 0) is 5.60 Å². The minimum atomic E-state index is -1.13. The first kappa shape index (κ1) is 26.2. The van der Waals surface area contributed by atoms with Gasteiger partial charge in [0.2, 0.25) is 5.95 Å². The summed E-state index contributed by atoms with van der Waals surface area (Å²) in [4.78, 5) is 32.5. The molecule has 10 heteroatoms. The van der Waals surface area contributed by atoms with Gasteiger partial charge in [0.1, 0.15) is 11.0 Å². The van der Waals surface area contributed by atoms with Gasteiger partial charge in [0.15, 0.2) is 11.5 Å². The van der Waals surface area contributed by atoms with E-state index in [1.54, 1.807) is 35.5 Å². The number of benzene rings is 1. The molecule has 1 aliphatic carbocycles. The first-order valence-electron chi connectivity index (χ1n) is 14.0. The van der Waals surface area contributed by atoms with Gasteiger partial charge in [-0.05, 0) is 76.6 Å². The Balaban J connectivity index is 1.39. The monoisotopic (exact) mass is 540 g/mol. The molecular formula is C30H36N8O2. The maximum absolute atomic E-state index is 13.7. The fourth-order valence-corrected chi connectivity index (χ4v) is 5.41. The molecule has 0 saturated carbocycles. The van der Waals surface area contributed by atoms with Crippen LogP contribution in [0.5, 0.6) is 0 Å². The highest BCUT2D eigenvalue weighted by molar-refractivity contribution is 5.77. The summed E-state index contributed by atoms with van der Waals surface area (Å²) < 4.78 is 3.50. The summed E-state index contributed by atoms with van der Waals surface area (Å²) in [5.41, 5.74) is 1.74. The Hall–Kier alpha value is -4.02. The number of likely N-dealkylation sites (N-methyl/N-ethyl adjacent to an activating group) is 1. The maximum Gasteiger partial charge on any atom is 0.278 e. The second kappa shape index (κ2) is 10.5. The molecule has 0 unspecified atom stereocenters. The summed E-state index contributed by atoms with van der Waals surface area (Å²) in [7, 11) is 2.15. The molecule has 1 atom stereocenters. The van der Waals surface area contributed by atoms with Gasteiger partial charge in [0.25, 0.3) is 5.56 Å². The van der Waals surface area contributed by atoms with E-state index in [1.807, 2.05) is 24.3 Å². The number of rotatable bonds is 6. The number of anilines is 3. The molecule has 1 saturated heterocycles. The SMILES string of the molecule is CN1CCN(c2ccc(Nc3ncc4c(=O)n([C@H]5C=CCCC5)n(-c5cccc(C(C)(C)O)n5)c4n3)cc2)CC1. The van der Waals surface area contributed by atoms with Crippen LogP contribution < -0.4 is 15.8 Å². The normalized spacial score (nSPS) is 18.4. The summed E-state index contributed by atoms with van der Waals surface area (Å²) in [6.07, 6.45) is 8.62. The molecule has 10 nitrogen and oxygen atoms in total. The van der Waals surface area contributed by atoms with Gasteiger partial charge in [0.05, 0.1) is 11.7 Å². The molecule has 0 bridgehead atoms. The fraction of sp³-hybridized carbons (Fsp3) is 0.400. The lowest BCUT2D eigenvalue weighted by Gasteiger charge is -2.34. The highest BCUT2D eigenvalue weighted by Gasteiger charge is 2.25. The van der Waals surface area contributed by atoms with Crippen molar-refractivity contribution in [3.05, 3.63) is 76.9 Å². The molecule has 1 fully saturated rings. The quantitative estimate of drug-likeness (QED) is 0.354. The Labute approximate surface area is 233 Å². The van der Waals surface area contributed by atoms with Gasteiger partial charge in [-0.2, -0.15) is 4.98 Å². The van der Waals surface area contributed by atoms with Crippen LogP contribution in [0.25, 0.3) is 16.9 Å². The van der Waals surface area contributed by atoms with Gasteiger partial charge in [0, 0.05) is 43.8 Å². The van der Waals surface area contributed by atoms with Crippen LogP contribution in [-0.4, -0.2) is 67.5 Å². The third kappa shape index (κ3) is 5.12. The lowest BCUT2D eigenvalue weighted by Crippen LogP contribution is -2.44. The Morgan fingerprint density at radius 3 is 2.50 bits per heavy atom. The molecule has 0 amide bonds. The average molecular weight is 541 g/mol. The van der Waals surface area contributed by atoms with Crippen LogP contribution in [0.3, 0.4) is 0 Å². The first-order chi connectivity index (χ1) is 19.3. The van der Waals surface area contributed by atoms with Gasteiger partial charge in [-0.25, -0.2) is 19.3 Å². The van der Waals surface area contributed by atoms with E-state index in [4.69, 9.17) is 9.97 Å². The molecule has 40 heavy (non-hydrogen) atoms. The third-order valence-corrected chi connectivity index (χ3v) is 7.74. The van der Waals surface area contributed by atoms with Crippen LogP contribution in [0.2, 0.25) is 0 Å². The number of allylic oxidation sites excluding steroid dienone is 2. The number of aliphatic hydroxyl groups is 1. The molecule has 2 aliphatic rings. The van der Waals surface area contributed by atoms with Crippen LogP contribution in [0.15, 0.2) is 65.6 Å². The van der Waals surface area contributed by atoms with E-state index in [9.17, 15) is 9.90 Å². The van der Waals surface area contributed by atoms with Crippen molar-refractivity contribution < 1.29 is 5.11 Å². The van der Waals surface area contributed by atoms with E-state index in [1.165, 1.54) is 5.69 Å². The van der Waals surface area contributed by atoms with Crippen molar-refractivity contribution >= 4 is 28.4 Å². The molecule has 6 rings (SSSR count). The molecule has 4 heterocycles. The third-order valence-electron chi connectivity index (χ3n) is 7.74. The maximum atomic E-state index is 13.7. The van der Waals surface area contributed by atoms with Crippen LogP contribution in [0.4, 0.5) is 17.3 Å². The van der Waals surface area contributed by atoms with E-state index in [-0.39, 0.29) is 11.6 Å². The van der Waals surface area contributed by atoms with Crippen molar-refractivity contribution in [3.8, 4) is 5.82 Å². The smallest absolute Gasteiger partial charge is 0.278 e. The lowest BCUT2D eigenvalue weighted by molar-refractivity contribution is 0.0738. The molecular weight excluding hydrogens is 504 g/mol. The molecule has 1 aromatic carbocycles. The van der Waals surface area contributed by atoms with Gasteiger partial charge in [-0.1, -0.05) is 18.2 Å². The molecule has 3 aromatic heterocycles. The molecule has 208 valence electrons. The van der Waals surface area contributed by atoms with Gasteiger partial charge in [-0.3, -0.25) is 4.79 Å². The van der Waals surface area contributed by atoms with E-state index < -0.39 is 5.60 Å². The van der Waals surface area contributed by atoms with E-state index in [0.29, 0.717) is 28.5 Å². The van der Waals surface area contributed by atoms with E-state index >= 15 is 0 Å². The largest absolute Gasteiger partial charge is 0.384 e. The standard InChI is InChI=1S/C30H36N8O2/c1-30(2,40)25-10-7-11-26(33-25)38-27-24(28(39)37(38)23-8-5-4-6-9-23)20-31-29(34-27)32-21-12-14-22(15-13-21)36-18-16-35(3)17-19-36/h5,7-8,10-15,20,23,40H,4,6,9,16-19H2,1-3H3,(H,31,32,34)/t23-/m0/s1. The fourth-order valence-electron chi connectivity index (χ4n) is 5.41. The molecule has 0 radical (unpaired) electrons. The Kier molecular flexibility index (Phi) is 6.89. The summed E-state index contributed by atoms with van der Waals surface area (Å²) in [5.74, 6) is 0.912. The topological polar surface area (TPSA) is 104 Å². The average Bonchev–Trinajstić information content (AvgIpc) is 3.25. The predicted molar refractivity (Wildman–Crippen MR) is 158 cm³/mol. The van der Waals surface area contributed by atoms with Crippen molar-refractivity contribution in [2.75, 3.05) is 43.4 Å². The number of fused-ring (bicyclic) bond motifs is 1. The zero-order valence-electron chi connectivity index (χ0n) is 23.3. The summed E-state index contributed by atoms with van der Waals surface area (Å²) in [6, 6.07) is 13.6. The van der Waals surface area contributed by atoms with Crippen LogP contribution in [0, 0.1) is 0 Å². The summed E-state index contributed by atoms with van der Waals surface area (Å²) in [5, 5.41) is 14.4.